The highest BCUT2D eigenvalue weighted by Gasteiger charge is 2.20. The zero-order chi connectivity index (χ0) is 29.1. The lowest BCUT2D eigenvalue weighted by Gasteiger charge is -2.29. The van der Waals surface area contributed by atoms with E-state index < -0.39 is 26.3 Å². The largest absolute Gasteiger partial charge is 0.390 e. The van der Waals surface area contributed by atoms with E-state index in [2.05, 4.69) is 5.32 Å². The zero-order valence-corrected chi connectivity index (χ0v) is 23.8. The van der Waals surface area contributed by atoms with Gasteiger partial charge in [0.1, 0.15) is 0 Å². The van der Waals surface area contributed by atoms with Crippen LogP contribution in [0.15, 0.2) is 88.7 Å². The lowest BCUT2D eigenvalue weighted by molar-refractivity contribution is 0.132. The van der Waals surface area contributed by atoms with Gasteiger partial charge in [0.25, 0.3) is 20.2 Å². The molecule has 1 saturated carbocycles. The quantitative estimate of drug-likeness (QED) is 0.251. The number of hydrogen-bond donors (Lipinski definition) is 5. The minimum atomic E-state index is -4.02. The van der Waals surface area contributed by atoms with Crippen LogP contribution in [0.3, 0.4) is 0 Å². The number of rotatable bonds is 8. The summed E-state index contributed by atoms with van der Waals surface area (Å²) in [6.45, 7) is 4.29. The van der Waals surface area contributed by atoms with Crippen molar-refractivity contribution in [2.75, 3.05) is 6.54 Å². The Morgan fingerprint density at radius 2 is 1.23 bits per heavy atom. The van der Waals surface area contributed by atoms with Gasteiger partial charge in [0.15, 0.2) is 0 Å². The Labute approximate surface area is 231 Å². The summed E-state index contributed by atoms with van der Waals surface area (Å²) in [5.74, 6) is 0. The van der Waals surface area contributed by atoms with Crippen molar-refractivity contribution < 1.29 is 31.0 Å². The van der Waals surface area contributed by atoms with Gasteiger partial charge in [-0.15, -0.1) is 0 Å². The van der Waals surface area contributed by atoms with E-state index in [1.807, 2.05) is 44.2 Å². The summed E-state index contributed by atoms with van der Waals surface area (Å²) in [5.41, 5.74) is 9.10. The van der Waals surface area contributed by atoms with Crippen molar-refractivity contribution in [1.82, 2.24) is 5.32 Å². The van der Waals surface area contributed by atoms with Crippen molar-refractivity contribution in [2.45, 2.75) is 67.5 Å². The number of aryl methyl sites for hydroxylation is 2. The molecule has 0 saturated heterocycles. The summed E-state index contributed by atoms with van der Waals surface area (Å²) < 4.78 is 59.1. The van der Waals surface area contributed by atoms with Gasteiger partial charge < -0.3 is 16.2 Å². The third kappa shape index (κ3) is 12.4. The Balaban J connectivity index is 0.000000214. The van der Waals surface area contributed by atoms with E-state index in [0.717, 1.165) is 17.5 Å². The molecule has 3 aromatic carbocycles. The molecule has 0 aromatic heterocycles. The molecular weight excluding hydrogens is 540 g/mol. The summed E-state index contributed by atoms with van der Waals surface area (Å²) in [4.78, 5) is -0.133. The van der Waals surface area contributed by atoms with Gasteiger partial charge in [0, 0.05) is 18.6 Å². The lowest BCUT2D eigenvalue weighted by Crippen LogP contribution is -2.47. The molecule has 2 atom stereocenters. The smallest absolute Gasteiger partial charge is 0.294 e. The monoisotopic (exact) mass is 578 g/mol. The molecule has 1 aliphatic rings. The van der Waals surface area contributed by atoms with Gasteiger partial charge in [0.2, 0.25) is 0 Å². The van der Waals surface area contributed by atoms with Crippen LogP contribution in [0.2, 0.25) is 0 Å². The van der Waals surface area contributed by atoms with Gasteiger partial charge in [-0.25, -0.2) is 0 Å². The molecule has 0 radical (unpaired) electrons. The van der Waals surface area contributed by atoms with Crippen LogP contribution in [-0.2, 0) is 26.7 Å². The molecule has 9 nitrogen and oxygen atoms in total. The fourth-order valence-corrected chi connectivity index (χ4v) is 4.45. The van der Waals surface area contributed by atoms with Gasteiger partial charge >= 0.3 is 0 Å². The van der Waals surface area contributed by atoms with E-state index in [1.165, 1.54) is 49.1 Å². The first-order chi connectivity index (χ1) is 18.3. The highest BCUT2D eigenvalue weighted by atomic mass is 32.2. The summed E-state index contributed by atoms with van der Waals surface area (Å²) in [7, 11) is -8.04. The number of benzene rings is 3. The molecule has 11 heteroatoms. The Morgan fingerprint density at radius 1 is 0.795 bits per heavy atom. The number of hydrogen-bond acceptors (Lipinski definition) is 7. The van der Waals surface area contributed by atoms with Crippen molar-refractivity contribution >= 4 is 20.2 Å². The second-order valence-corrected chi connectivity index (χ2v) is 12.4. The number of nitrogens with two attached hydrogens (primary N) is 1. The van der Waals surface area contributed by atoms with Crippen molar-refractivity contribution in [3.8, 4) is 0 Å². The number of nitrogens with one attached hydrogen (secondary N) is 1. The summed E-state index contributed by atoms with van der Waals surface area (Å²) in [6, 6.07) is 22.5. The van der Waals surface area contributed by atoms with Crippen LogP contribution in [0, 0.1) is 13.8 Å². The van der Waals surface area contributed by atoms with Crippen molar-refractivity contribution in [1.29, 1.82) is 0 Å². The average Bonchev–Trinajstić information content (AvgIpc) is 2.84. The Hall–Kier alpha value is -2.64. The SMILES string of the molecule is Cc1ccc(S(=O)(=O)O)cc1.Cc1ccc(S(=O)(=O)O)cc1.N[C@@H](Cc1ccccc1)[C@H](O)CNC1CCC1. The first-order valence-electron chi connectivity index (χ1n) is 12.5. The van der Waals surface area contributed by atoms with Crippen molar-refractivity contribution in [3.05, 3.63) is 95.6 Å². The van der Waals surface area contributed by atoms with E-state index in [9.17, 15) is 21.9 Å². The van der Waals surface area contributed by atoms with Gasteiger partial charge in [-0.2, -0.15) is 16.8 Å². The third-order valence-corrected chi connectivity index (χ3v) is 7.90. The maximum Gasteiger partial charge on any atom is 0.294 e. The highest BCUT2D eigenvalue weighted by Crippen LogP contribution is 2.18. The topological polar surface area (TPSA) is 167 Å². The van der Waals surface area contributed by atoms with Gasteiger partial charge in [0.05, 0.1) is 15.9 Å². The predicted molar refractivity (Wildman–Crippen MR) is 152 cm³/mol. The van der Waals surface area contributed by atoms with E-state index in [1.54, 1.807) is 24.3 Å². The average molecular weight is 579 g/mol. The Kier molecular flexibility index (Phi) is 12.7. The van der Waals surface area contributed by atoms with E-state index in [0.29, 0.717) is 12.6 Å². The fraction of sp³-hybridized carbons (Fsp3) is 0.357. The first-order valence-corrected chi connectivity index (χ1v) is 15.4. The van der Waals surface area contributed by atoms with Crippen LogP contribution in [0.4, 0.5) is 0 Å². The van der Waals surface area contributed by atoms with E-state index in [-0.39, 0.29) is 15.8 Å². The van der Waals surface area contributed by atoms with Crippen LogP contribution >= 0.6 is 0 Å². The van der Waals surface area contributed by atoms with Gasteiger partial charge in [-0.1, -0.05) is 72.1 Å². The molecule has 0 spiro atoms. The molecule has 0 aliphatic heterocycles. The molecule has 1 fully saturated rings. The first kappa shape index (κ1) is 32.6. The second-order valence-electron chi connectivity index (χ2n) is 9.53. The maximum atomic E-state index is 10.5. The molecule has 39 heavy (non-hydrogen) atoms. The van der Waals surface area contributed by atoms with Gasteiger partial charge in [-0.05, 0) is 62.9 Å². The fourth-order valence-electron chi connectivity index (χ4n) is 3.49. The molecule has 0 heterocycles. The minimum Gasteiger partial charge on any atom is -0.390 e. The molecule has 214 valence electrons. The summed E-state index contributed by atoms with van der Waals surface area (Å²) >= 11 is 0. The maximum absolute atomic E-state index is 10.5. The lowest BCUT2D eigenvalue weighted by atomic mass is 9.92. The van der Waals surface area contributed by atoms with Crippen LogP contribution in [0.1, 0.15) is 36.0 Å². The number of aliphatic hydroxyl groups is 1. The molecule has 0 amide bonds. The highest BCUT2D eigenvalue weighted by molar-refractivity contribution is 7.86. The zero-order valence-electron chi connectivity index (χ0n) is 22.1. The summed E-state index contributed by atoms with van der Waals surface area (Å²) in [6.07, 6.45) is 4.05. The molecular formula is C28H38N2O7S2. The van der Waals surface area contributed by atoms with Crippen LogP contribution < -0.4 is 11.1 Å². The van der Waals surface area contributed by atoms with Crippen molar-refractivity contribution in [2.24, 2.45) is 5.73 Å². The molecule has 6 N–H and O–H groups in total. The summed E-state index contributed by atoms with van der Waals surface area (Å²) in [5, 5.41) is 13.3. The Morgan fingerprint density at radius 3 is 1.59 bits per heavy atom. The van der Waals surface area contributed by atoms with E-state index >= 15 is 0 Å². The molecule has 1 aliphatic carbocycles. The number of aliphatic hydroxyl groups excluding tert-OH is 1. The predicted octanol–water partition coefficient (Wildman–Crippen LogP) is 3.54. The van der Waals surface area contributed by atoms with Crippen LogP contribution in [-0.4, -0.2) is 55.8 Å². The molecule has 3 aromatic rings. The normalized spacial score (nSPS) is 15.0. The van der Waals surface area contributed by atoms with Crippen molar-refractivity contribution in [3.63, 3.8) is 0 Å². The minimum absolute atomic E-state index is 0.0666. The standard InChI is InChI=1S/C14H22N2O.2C7H8O3S/c15-13(9-11-5-2-1-3-6-11)14(17)10-16-12-7-4-8-12;2*1-6-2-4-7(5-3-6)11(8,9)10/h1-3,5-6,12-14,16-17H,4,7-10,15H2;2*2-5H,1H3,(H,8,9,10)/t13-,14+;;/m0../s1. The molecule has 0 bridgehead atoms. The third-order valence-electron chi connectivity index (χ3n) is 6.17. The molecule has 0 unspecified atom stereocenters. The molecule has 4 rings (SSSR count). The van der Waals surface area contributed by atoms with E-state index in [4.69, 9.17) is 14.8 Å². The second kappa shape index (κ2) is 15.2. The Bertz CT molecular complexity index is 1270. The van der Waals surface area contributed by atoms with Crippen LogP contribution in [0.25, 0.3) is 0 Å². The van der Waals surface area contributed by atoms with Crippen LogP contribution in [0.5, 0.6) is 0 Å². The van der Waals surface area contributed by atoms with Gasteiger partial charge in [-0.3, -0.25) is 9.11 Å².